The molecule has 4 N–H and O–H groups in total. The minimum Gasteiger partial charge on any atom is -0.395 e. The van der Waals surface area contributed by atoms with Crippen molar-refractivity contribution in [3.8, 4) is 0 Å². The van der Waals surface area contributed by atoms with Gasteiger partial charge in [-0.3, -0.25) is 9.59 Å². The predicted molar refractivity (Wildman–Crippen MR) is 72.3 cm³/mol. The Balaban J connectivity index is 2.94. The molecule has 0 radical (unpaired) electrons. The number of likely N-dealkylation sites (tertiary alicyclic amines) is 1. The third kappa shape index (κ3) is 3.45. The Hall–Kier alpha value is -1.14. The Morgan fingerprint density at radius 1 is 1.26 bits per heavy atom. The number of carbonyl (C=O) groups is 2. The van der Waals surface area contributed by atoms with E-state index in [1.807, 2.05) is 27.7 Å². The smallest absolute Gasteiger partial charge is 0.312 e. The number of aliphatic hydroxyl groups is 1. The lowest BCUT2D eigenvalue weighted by molar-refractivity contribution is -0.159. The molecule has 1 saturated heterocycles. The zero-order valence-electron chi connectivity index (χ0n) is 12.2. The van der Waals surface area contributed by atoms with E-state index >= 15 is 0 Å². The number of amides is 2. The lowest BCUT2D eigenvalue weighted by Gasteiger charge is -2.54. The van der Waals surface area contributed by atoms with Crippen LogP contribution in [0.5, 0.6) is 0 Å². The number of hydrogen-bond donors (Lipinski definition) is 3. The Morgan fingerprint density at radius 2 is 1.74 bits per heavy atom. The van der Waals surface area contributed by atoms with Crippen LogP contribution in [0.15, 0.2) is 0 Å². The van der Waals surface area contributed by atoms with Crippen LogP contribution >= 0.6 is 0 Å². The zero-order valence-corrected chi connectivity index (χ0v) is 12.2. The normalized spacial score (nSPS) is 22.1. The van der Waals surface area contributed by atoms with E-state index in [-0.39, 0.29) is 19.2 Å². The summed E-state index contributed by atoms with van der Waals surface area (Å²) >= 11 is 0. The highest BCUT2D eigenvalue weighted by Gasteiger charge is 2.48. The molecule has 1 rings (SSSR count). The highest BCUT2D eigenvalue weighted by Crippen LogP contribution is 2.37. The van der Waals surface area contributed by atoms with Gasteiger partial charge in [0.05, 0.1) is 6.61 Å². The van der Waals surface area contributed by atoms with Crippen molar-refractivity contribution >= 4 is 11.8 Å². The van der Waals surface area contributed by atoms with Gasteiger partial charge in [0.2, 0.25) is 0 Å². The number of nitrogens with one attached hydrogen (secondary N) is 1. The van der Waals surface area contributed by atoms with E-state index in [2.05, 4.69) is 5.32 Å². The molecule has 0 atom stereocenters. The first-order valence-corrected chi connectivity index (χ1v) is 6.61. The summed E-state index contributed by atoms with van der Waals surface area (Å²) < 4.78 is 0. The molecule has 1 heterocycles. The second kappa shape index (κ2) is 5.46. The average Bonchev–Trinajstić information content (AvgIpc) is 2.21. The molecule has 0 spiro atoms. The van der Waals surface area contributed by atoms with Crippen LogP contribution in [0.1, 0.15) is 40.5 Å². The molecule has 110 valence electrons. The summed E-state index contributed by atoms with van der Waals surface area (Å²) in [5, 5.41) is 11.1. The Morgan fingerprint density at radius 3 is 2.16 bits per heavy atom. The topological polar surface area (TPSA) is 95.7 Å². The lowest BCUT2D eigenvalue weighted by Crippen LogP contribution is -2.67. The second-order valence-electron chi connectivity index (χ2n) is 6.41. The molecule has 0 aromatic rings. The lowest BCUT2D eigenvalue weighted by atomic mass is 9.77. The average molecular weight is 271 g/mol. The zero-order chi connectivity index (χ0) is 14.8. The molecule has 0 aliphatic carbocycles. The van der Waals surface area contributed by atoms with E-state index in [9.17, 15) is 9.59 Å². The van der Waals surface area contributed by atoms with Crippen LogP contribution in [-0.2, 0) is 9.59 Å². The highest BCUT2D eigenvalue weighted by atomic mass is 16.3. The van der Waals surface area contributed by atoms with Crippen molar-refractivity contribution in [3.05, 3.63) is 0 Å². The van der Waals surface area contributed by atoms with Gasteiger partial charge in [-0.1, -0.05) is 0 Å². The van der Waals surface area contributed by atoms with Gasteiger partial charge in [0.1, 0.15) is 0 Å². The molecule has 1 aliphatic rings. The number of hydrogen-bond acceptors (Lipinski definition) is 4. The van der Waals surface area contributed by atoms with Gasteiger partial charge in [0, 0.05) is 23.7 Å². The summed E-state index contributed by atoms with van der Waals surface area (Å²) in [5.41, 5.74) is 5.11. The molecule has 6 heteroatoms. The molecule has 0 saturated carbocycles. The van der Waals surface area contributed by atoms with Gasteiger partial charge in [-0.05, 0) is 40.5 Å². The molecular formula is C13H25N3O3. The van der Waals surface area contributed by atoms with Crippen LogP contribution in [0.25, 0.3) is 0 Å². The van der Waals surface area contributed by atoms with Crippen molar-refractivity contribution in [3.63, 3.8) is 0 Å². The first-order valence-electron chi connectivity index (χ1n) is 6.61. The van der Waals surface area contributed by atoms with E-state index in [0.29, 0.717) is 12.8 Å². The van der Waals surface area contributed by atoms with Gasteiger partial charge in [-0.25, -0.2) is 0 Å². The maximum atomic E-state index is 12.3. The minimum atomic E-state index is -0.675. The van der Waals surface area contributed by atoms with Crippen molar-refractivity contribution in [1.82, 2.24) is 10.2 Å². The van der Waals surface area contributed by atoms with Gasteiger partial charge in [-0.2, -0.15) is 0 Å². The van der Waals surface area contributed by atoms with Crippen molar-refractivity contribution in [2.75, 3.05) is 13.2 Å². The van der Waals surface area contributed by atoms with E-state index in [0.717, 1.165) is 0 Å². The molecule has 0 aromatic heterocycles. The van der Waals surface area contributed by atoms with Crippen LogP contribution in [-0.4, -0.2) is 52.1 Å². The SMILES string of the molecule is CC1(C)CC(N)CC(C)(C)N1C(=O)C(=O)NCCO. The molecule has 0 aromatic carbocycles. The van der Waals surface area contributed by atoms with E-state index in [4.69, 9.17) is 10.8 Å². The molecule has 6 nitrogen and oxygen atoms in total. The van der Waals surface area contributed by atoms with Crippen molar-refractivity contribution in [2.24, 2.45) is 5.73 Å². The van der Waals surface area contributed by atoms with E-state index in [1.54, 1.807) is 4.90 Å². The van der Waals surface area contributed by atoms with Gasteiger partial charge in [0.15, 0.2) is 0 Å². The Kier molecular flexibility index (Phi) is 4.58. The number of nitrogens with two attached hydrogens (primary N) is 1. The Labute approximate surface area is 114 Å². The summed E-state index contributed by atoms with van der Waals surface area (Å²) in [5.74, 6) is -1.24. The fourth-order valence-corrected chi connectivity index (χ4v) is 3.25. The number of aliphatic hydroxyl groups excluding tert-OH is 1. The number of nitrogens with zero attached hydrogens (tertiary/aromatic N) is 1. The summed E-state index contributed by atoms with van der Waals surface area (Å²) in [7, 11) is 0. The molecule has 0 unspecified atom stereocenters. The first-order chi connectivity index (χ1) is 8.62. The van der Waals surface area contributed by atoms with Crippen LogP contribution < -0.4 is 11.1 Å². The number of rotatable bonds is 2. The third-order valence-corrected chi connectivity index (χ3v) is 3.53. The van der Waals surface area contributed by atoms with Crippen molar-refractivity contribution in [1.29, 1.82) is 0 Å². The molecule has 2 amide bonds. The van der Waals surface area contributed by atoms with E-state index in [1.165, 1.54) is 0 Å². The van der Waals surface area contributed by atoms with E-state index < -0.39 is 22.9 Å². The maximum absolute atomic E-state index is 12.3. The Bertz CT molecular complexity index is 348. The van der Waals surface area contributed by atoms with Crippen LogP contribution in [0, 0.1) is 0 Å². The quantitative estimate of drug-likeness (QED) is 0.596. The molecule has 1 fully saturated rings. The maximum Gasteiger partial charge on any atom is 0.312 e. The van der Waals surface area contributed by atoms with Crippen molar-refractivity contribution in [2.45, 2.75) is 57.7 Å². The van der Waals surface area contributed by atoms with Crippen LogP contribution in [0.2, 0.25) is 0 Å². The second-order valence-corrected chi connectivity index (χ2v) is 6.41. The molecule has 1 aliphatic heterocycles. The fraction of sp³-hybridized carbons (Fsp3) is 0.846. The van der Waals surface area contributed by atoms with Gasteiger partial charge < -0.3 is 21.1 Å². The number of carbonyl (C=O) groups excluding carboxylic acids is 2. The van der Waals surface area contributed by atoms with Gasteiger partial charge in [0.25, 0.3) is 0 Å². The molecule has 19 heavy (non-hydrogen) atoms. The summed E-state index contributed by atoms with van der Waals surface area (Å²) in [6.45, 7) is 7.58. The first kappa shape index (κ1) is 15.9. The molecule has 0 bridgehead atoms. The van der Waals surface area contributed by atoms with Crippen LogP contribution in [0.4, 0.5) is 0 Å². The van der Waals surface area contributed by atoms with Crippen molar-refractivity contribution < 1.29 is 14.7 Å². The summed E-state index contributed by atoms with van der Waals surface area (Å²) in [4.78, 5) is 25.8. The molecular weight excluding hydrogens is 246 g/mol. The predicted octanol–water partition coefficient (Wildman–Crippen LogP) is -0.398. The monoisotopic (exact) mass is 271 g/mol. The van der Waals surface area contributed by atoms with Gasteiger partial charge in [-0.15, -0.1) is 0 Å². The standard InChI is InChI=1S/C13H25N3O3/c1-12(2)7-9(14)8-13(3,4)16(12)11(19)10(18)15-5-6-17/h9,17H,5-8,14H2,1-4H3,(H,15,18). The largest absolute Gasteiger partial charge is 0.395 e. The number of piperidine rings is 1. The summed E-state index contributed by atoms with van der Waals surface area (Å²) in [6, 6.07) is 0.0227. The fourth-order valence-electron chi connectivity index (χ4n) is 3.25. The summed E-state index contributed by atoms with van der Waals surface area (Å²) in [6.07, 6.45) is 1.32. The minimum absolute atomic E-state index is 0.0227. The highest BCUT2D eigenvalue weighted by molar-refractivity contribution is 6.35. The third-order valence-electron chi connectivity index (χ3n) is 3.53. The van der Waals surface area contributed by atoms with Crippen LogP contribution in [0.3, 0.4) is 0 Å². The van der Waals surface area contributed by atoms with Gasteiger partial charge >= 0.3 is 11.8 Å².